The van der Waals surface area contributed by atoms with Crippen LogP contribution in [0.2, 0.25) is 0 Å². The molecule has 1 amide bonds. The van der Waals surface area contributed by atoms with Gasteiger partial charge in [0.05, 0.1) is 0 Å². The Labute approximate surface area is 128 Å². The molecule has 2 heterocycles. The molecule has 8 heteroatoms. The third kappa shape index (κ3) is 3.51. The van der Waals surface area contributed by atoms with Crippen LogP contribution in [0.15, 0.2) is 21.5 Å². The molecule has 0 aromatic carbocycles. The largest absolute Gasteiger partial charge is 0.305 e. The summed E-state index contributed by atoms with van der Waals surface area (Å²) >= 11 is 4.64. The van der Waals surface area contributed by atoms with Crippen LogP contribution in [0, 0.1) is 6.92 Å². The van der Waals surface area contributed by atoms with Crippen LogP contribution in [-0.2, 0) is 17.8 Å². The van der Waals surface area contributed by atoms with E-state index in [-0.39, 0.29) is 18.0 Å². The van der Waals surface area contributed by atoms with E-state index in [2.05, 4.69) is 31.4 Å². The second-order valence-electron chi connectivity index (χ2n) is 4.18. The van der Waals surface area contributed by atoms with Crippen molar-refractivity contribution in [2.45, 2.75) is 26.8 Å². The lowest BCUT2D eigenvalue weighted by molar-refractivity contribution is -0.116. The molecule has 1 N–H and O–H groups in total. The minimum Gasteiger partial charge on any atom is -0.305 e. The molecule has 0 aliphatic heterocycles. The van der Waals surface area contributed by atoms with Gasteiger partial charge in [-0.2, -0.15) is 0 Å². The lowest BCUT2D eigenvalue weighted by Crippen LogP contribution is -2.28. The number of halogens is 1. The number of nitrogens with one attached hydrogen (secondary N) is 1. The third-order valence-corrected chi connectivity index (χ3v) is 3.98. The molecule has 106 valence electrons. The van der Waals surface area contributed by atoms with Gasteiger partial charge in [0, 0.05) is 16.2 Å². The van der Waals surface area contributed by atoms with Crippen LogP contribution in [0.25, 0.3) is 0 Å². The molecule has 2 rings (SSSR count). The lowest BCUT2D eigenvalue weighted by atomic mass is 10.3. The van der Waals surface area contributed by atoms with Gasteiger partial charge in [-0.05, 0) is 35.3 Å². The Hall–Kier alpha value is -1.54. The standard InChI is InChI=1S/C12H13BrN4O2S/c1-3-10-15-16-12(20-10)14-9(18)6-17-5-8(13)4-7(2)11(17)19/h4-5H,3,6H2,1-2H3,(H,14,16,18). The summed E-state index contributed by atoms with van der Waals surface area (Å²) in [6.07, 6.45) is 2.37. The fourth-order valence-electron chi connectivity index (χ4n) is 1.62. The number of amides is 1. The van der Waals surface area contributed by atoms with Crippen molar-refractivity contribution in [3.8, 4) is 0 Å². The maximum Gasteiger partial charge on any atom is 0.253 e. The fourth-order valence-corrected chi connectivity index (χ4v) is 2.90. The van der Waals surface area contributed by atoms with Gasteiger partial charge in [-0.3, -0.25) is 14.9 Å². The minimum absolute atomic E-state index is 0.0554. The van der Waals surface area contributed by atoms with Crippen molar-refractivity contribution in [2.24, 2.45) is 0 Å². The van der Waals surface area contributed by atoms with Gasteiger partial charge in [0.25, 0.3) is 5.56 Å². The topological polar surface area (TPSA) is 76.9 Å². The van der Waals surface area contributed by atoms with Crippen LogP contribution < -0.4 is 10.9 Å². The van der Waals surface area contributed by atoms with Crippen molar-refractivity contribution < 1.29 is 4.79 Å². The number of aromatic nitrogens is 3. The second kappa shape index (κ2) is 6.27. The lowest BCUT2D eigenvalue weighted by Gasteiger charge is -2.07. The first kappa shape index (κ1) is 14.9. The predicted octanol–water partition coefficient (Wildman–Crippen LogP) is 1.97. The molecule has 0 aliphatic rings. The van der Waals surface area contributed by atoms with E-state index >= 15 is 0 Å². The molecule has 6 nitrogen and oxygen atoms in total. The van der Waals surface area contributed by atoms with Crippen molar-refractivity contribution >= 4 is 38.3 Å². The van der Waals surface area contributed by atoms with Crippen LogP contribution in [-0.4, -0.2) is 20.7 Å². The molecule has 0 unspecified atom stereocenters. The van der Waals surface area contributed by atoms with Gasteiger partial charge in [-0.1, -0.05) is 18.3 Å². The molecule has 0 aliphatic carbocycles. The first-order valence-corrected chi connectivity index (χ1v) is 7.59. The van der Waals surface area contributed by atoms with Crippen molar-refractivity contribution in [3.63, 3.8) is 0 Å². The van der Waals surface area contributed by atoms with Crippen LogP contribution in [0.3, 0.4) is 0 Å². The molecule has 0 saturated heterocycles. The van der Waals surface area contributed by atoms with Crippen molar-refractivity contribution in [1.29, 1.82) is 0 Å². The normalized spacial score (nSPS) is 10.6. The smallest absolute Gasteiger partial charge is 0.253 e. The zero-order valence-electron chi connectivity index (χ0n) is 11.0. The molecule has 20 heavy (non-hydrogen) atoms. The Morgan fingerprint density at radius 1 is 1.50 bits per heavy atom. The van der Waals surface area contributed by atoms with Crippen molar-refractivity contribution in [2.75, 3.05) is 5.32 Å². The zero-order chi connectivity index (χ0) is 14.7. The Kier molecular flexibility index (Phi) is 4.66. The molecule has 2 aromatic rings. The van der Waals surface area contributed by atoms with Crippen molar-refractivity contribution in [1.82, 2.24) is 14.8 Å². The average molecular weight is 357 g/mol. The van der Waals surface area contributed by atoms with Gasteiger partial charge in [0.1, 0.15) is 11.6 Å². The Bertz CT molecular complexity index is 695. The number of rotatable bonds is 4. The van der Waals surface area contributed by atoms with Crippen LogP contribution in [0.1, 0.15) is 17.5 Å². The molecule has 0 atom stereocenters. The summed E-state index contributed by atoms with van der Waals surface area (Å²) < 4.78 is 2.11. The number of aryl methyl sites for hydroxylation is 2. The van der Waals surface area contributed by atoms with Gasteiger partial charge in [-0.25, -0.2) is 0 Å². The van der Waals surface area contributed by atoms with Gasteiger partial charge in [0.2, 0.25) is 11.0 Å². The highest BCUT2D eigenvalue weighted by molar-refractivity contribution is 9.10. The van der Waals surface area contributed by atoms with Gasteiger partial charge >= 0.3 is 0 Å². The van der Waals surface area contributed by atoms with E-state index in [0.717, 1.165) is 15.9 Å². The van der Waals surface area contributed by atoms with Gasteiger partial charge in [0.15, 0.2) is 0 Å². The number of nitrogens with zero attached hydrogens (tertiary/aromatic N) is 3. The molecule has 0 spiro atoms. The van der Waals surface area contributed by atoms with E-state index in [0.29, 0.717) is 10.7 Å². The molecule has 2 aromatic heterocycles. The Morgan fingerprint density at radius 2 is 2.25 bits per heavy atom. The zero-order valence-corrected chi connectivity index (χ0v) is 13.4. The number of hydrogen-bond acceptors (Lipinski definition) is 5. The molecular formula is C12H13BrN4O2S. The van der Waals surface area contributed by atoms with Crippen LogP contribution >= 0.6 is 27.3 Å². The summed E-state index contributed by atoms with van der Waals surface area (Å²) in [6.45, 7) is 3.62. The summed E-state index contributed by atoms with van der Waals surface area (Å²) in [5.74, 6) is -0.302. The van der Waals surface area contributed by atoms with E-state index < -0.39 is 0 Å². The Morgan fingerprint density at radius 3 is 2.90 bits per heavy atom. The number of pyridine rings is 1. The highest BCUT2D eigenvalue weighted by Gasteiger charge is 2.10. The first-order chi connectivity index (χ1) is 9.49. The summed E-state index contributed by atoms with van der Waals surface area (Å²) in [7, 11) is 0. The van der Waals surface area contributed by atoms with E-state index in [9.17, 15) is 9.59 Å². The molecular weight excluding hydrogens is 344 g/mol. The predicted molar refractivity (Wildman–Crippen MR) is 81.1 cm³/mol. The molecule has 0 fully saturated rings. The maximum atomic E-state index is 11.9. The molecule has 0 radical (unpaired) electrons. The number of carbonyl (C=O) groups is 1. The summed E-state index contributed by atoms with van der Waals surface area (Å²) in [6, 6.07) is 1.72. The summed E-state index contributed by atoms with van der Waals surface area (Å²) in [5, 5.41) is 11.7. The number of anilines is 1. The van der Waals surface area contributed by atoms with Crippen LogP contribution in [0.4, 0.5) is 5.13 Å². The average Bonchev–Trinajstić information content (AvgIpc) is 2.82. The highest BCUT2D eigenvalue weighted by atomic mass is 79.9. The van der Waals surface area contributed by atoms with E-state index in [4.69, 9.17) is 0 Å². The van der Waals surface area contributed by atoms with E-state index in [1.807, 2.05) is 6.92 Å². The number of hydrogen-bond donors (Lipinski definition) is 1. The fraction of sp³-hybridized carbons (Fsp3) is 0.333. The monoisotopic (exact) mass is 356 g/mol. The SMILES string of the molecule is CCc1nnc(NC(=O)Cn2cc(Br)cc(C)c2=O)s1. The van der Waals surface area contributed by atoms with Gasteiger partial charge in [-0.15, -0.1) is 10.2 Å². The highest BCUT2D eigenvalue weighted by Crippen LogP contribution is 2.15. The minimum atomic E-state index is -0.302. The van der Waals surface area contributed by atoms with Crippen LogP contribution in [0.5, 0.6) is 0 Å². The third-order valence-electron chi connectivity index (χ3n) is 2.56. The Balaban J connectivity index is 2.10. The van der Waals surface area contributed by atoms with E-state index in [1.165, 1.54) is 15.9 Å². The molecule has 0 bridgehead atoms. The maximum absolute atomic E-state index is 11.9. The summed E-state index contributed by atoms with van der Waals surface area (Å²) in [4.78, 5) is 23.8. The first-order valence-electron chi connectivity index (χ1n) is 5.98. The number of carbonyl (C=O) groups excluding carboxylic acids is 1. The van der Waals surface area contributed by atoms with Crippen molar-refractivity contribution in [3.05, 3.63) is 37.7 Å². The van der Waals surface area contributed by atoms with E-state index in [1.54, 1.807) is 19.2 Å². The summed E-state index contributed by atoms with van der Waals surface area (Å²) in [5.41, 5.74) is 0.395. The van der Waals surface area contributed by atoms with Gasteiger partial charge < -0.3 is 4.57 Å². The second-order valence-corrected chi connectivity index (χ2v) is 6.15. The molecule has 0 saturated carbocycles. The quantitative estimate of drug-likeness (QED) is 0.908.